The lowest BCUT2D eigenvalue weighted by molar-refractivity contribution is -0.144. The number of hydrogen-bond donors (Lipinski definition) is 2. The number of anilines is 1. The molecule has 55 heavy (non-hydrogen) atoms. The first-order valence-corrected chi connectivity index (χ1v) is 20.7. The highest BCUT2D eigenvalue weighted by atomic mass is 16.4. The third kappa shape index (κ3) is 8.45. The maximum Gasteiger partial charge on any atom is 0.320 e. The molecule has 4 aliphatic rings. The molecule has 1 atom stereocenters. The van der Waals surface area contributed by atoms with Crippen LogP contribution in [0.2, 0.25) is 0 Å². The summed E-state index contributed by atoms with van der Waals surface area (Å²) in [5, 5.41) is 13.0. The number of benzene rings is 2. The van der Waals surface area contributed by atoms with Gasteiger partial charge in [-0.15, -0.1) is 0 Å². The van der Waals surface area contributed by atoms with Gasteiger partial charge >= 0.3 is 5.97 Å². The standard InChI is InChI=1S/C47H54N4O4/c1-29-34(23-45(52)42-24-40(33-20-21-33)36(27-48-42)28-51-22-6-5-15-44(51)47(54)55)11-7-12-37(29)38-13-8-14-41(30(38)2)50-46(53)43-25-39(32-18-19-32)35(26-49-43)17-16-31-9-3-4-10-31/h7-8,11-14,24-27,31-33,44H,3-6,9-10,15-23,28H2,1-2H3,(H,50,53)(H,54,55)/t44-/m0/s1. The Hall–Kier alpha value is -4.69. The lowest BCUT2D eigenvalue weighted by Crippen LogP contribution is -2.44. The highest BCUT2D eigenvalue weighted by Crippen LogP contribution is 2.44. The highest BCUT2D eigenvalue weighted by molar-refractivity contribution is 6.04. The number of rotatable bonds is 14. The summed E-state index contributed by atoms with van der Waals surface area (Å²) in [6.07, 6.45) is 18.8. The van der Waals surface area contributed by atoms with Crippen molar-refractivity contribution in [1.82, 2.24) is 14.9 Å². The molecule has 8 heteroatoms. The van der Waals surface area contributed by atoms with E-state index in [9.17, 15) is 19.5 Å². The molecule has 0 radical (unpaired) electrons. The van der Waals surface area contributed by atoms with Crippen LogP contribution in [0.3, 0.4) is 0 Å². The quantitative estimate of drug-likeness (QED) is 0.124. The number of aliphatic carboxylic acids is 1. The van der Waals surface area contributed by atoms with Crippen molar-refractivity contribution in [1.29, 1.82) is 0 Å². The normalized spacial score (nSPS) is 19.1. The molecule has 4 fully saturated rings. The summed E-state index contributed by atoms with van der Waals surface area (Å²) < 4.78 is 0. The van der Waals surface area contributed by atoms with Crippen molar-refractivity contribution in [3.8, 4) is 11.1 Å². The van der Waals surface area contributed by atoms with Crippen LogP contribution in [-0.4, -0.2) is 50.2 Å². The summed E-state index contributed by atoms with van der Waals surface area (Å²) in [6.45, 7) is 5.41. The molecular formula is C47H54N4O4. The van der Waals surface area contributed by atoms with Crippen molar-refractivity contribution in [2.45, 2.75) is 128 Å². The van der Waals surface area contributed by atoms with Gasteiger partial charge in [-0.05, 0) is 158 Å². The predicted octanol–water partition coefficient (Wildman–Crippen LogP) is 9.75. The Bertz CT molecular complexity index is 2090. The maximum atomic E-state index is 13.8. The number of carboxylic acid groups (broad SMARTS) is 1. The molecular weight excluding hydrogens is 685 g/mol. The molecule has 2 N–H and O–H groups in total. The summed E-state index contributed by atoms with van der Waals surface area (Å²) in [5.41, 5.74) is 11.5. The van der Waals surface area contributed by atoms with Crippen LogP contribution in [0.15, 0.2) is 60.9 Å². The zero-order chi connectivity index (χ0) is 38.1. The first-order valence-electron chi connectivity index (χ1n) is 20.7. The van der Waals surface area contributed by atoms with Gasteiger partial charge in [0.15, 0.2) is 5.78 Å². The molecule has 0 unspecified atom stereocenters. The van der Waals surface area contributed by atoms with Crippen molar-refractivity contribution < 1.29 is 19.5 Å². The lowest BCUT2D eigenvalue weighted by atomic mass is 9.90. The number of ketones is 1. The minimum Gasteiger partial charge on any atom is -0.480 e. The fourth-order valence-corrected chi connectivity index (χ4v) is 9.18. The molecule has 4 aromatic rings. The van der Waals surface area contributed by atoms with Crippen LogP contribution in [0.4, 0.5) is 5.69 Å². The molecule has 286 valence electrons. The highest BCUT2D eigenvalue weighted by Gasteiger charge is 2.33. The van der Waals surface area contributed by atoms with Crippen molar-refractivity contribution in [2.24, 2.45) is 5.92 Å². The summed E-state index contributed by atoms with van der Waals surface area (Å²) in [4.78, 5) is 50.8. The number of pyridine rings is 2. The Morgan fingerprint density at radius 1 is 0.745 bits per heavy atom. The number of aromatic nitrogens is 2. The second-order valence-electron chi connectivity index (χ2n) is 16.7. The summed E-state index contributed by atoms with van der Waals surface area (Å²) in [6, 6.07) is 15.6. The van der Waals surface area contributed by atoms with Crippen molar-refractivity contribution in [2.75, 3.05) is 11.9 Å². The SMILES string of the molecule is Cc1c(CC(=O)c2cc(C3CC3)c(CN3CCCC[C@H]3C(=O)O)cn2)cccc1-c1cccc(NC(=O)c2cc(C3CC3)c(CCC3CCCC3)cn2)c1C. The molecule has 1 amide bonds. The van der Waals surface area contributed by atoms with Gasteiger partial charge in [0.1, 0.15) is 17.4 Å². The molecule has 3 saturated carbocycles. The van der Waals surface area contributed by atoms with Crippen LogP contribution in [0, 0.1) is 19.8 Å². The molecule has 8 nitrogen and oxygen atoms in total. The van der Waals surface area contributed by atoms with Gasteiger partial charge in [0.05, 0.1) is 0 Å². The Kier molecular flexibility index (Phi) is 11.0. The first-order chi connectivity index (χ1) is 26.7. The van der Waals surface area contributed by atoms with Gasteiger partial charge in [0.25, 0.3) is 5.91 Å². The van der Waals surface area contributed by atoms with E-state index in [-0.39, 0.29) is 18.1 Å². The Labute approximate surface area is 325 Å². The predicted molar refractivity (Wildman–Crippen MR) is 216 cm³/mol. The number of likely N-dealkylation sites (tertiary alicyclic amines) is 1. The second-order valence-corrected chi connectivity index (χ2v) is 16.7. The lowest BCUT2D eigenvalue weighted by Gasteiger charge is -2.33. The van der Waals surface area contributed by atoms with Gasteiger partial charge in [-0.1, -0.05) is 62.4 Å². The van der Waals surface area contributed by atoms with Gasteiger partial charge in [0.2, 0.25) is 0 Å². The van der Waals surface area contributed by atoms with Crippen LogP contribution in [0.1, 0.15) is 149 Å². The van der Waals surface area contributed by atoms with Crippen LogP contribution in [0.25, 0.3) is 11.1 Å². The molecule has 3 heterocycles. The number of hydrogen-bond acceptors (Lipinski definition) is 6. The largest absolute Gasteiger partial charge is 0.480 e. The molecule has 3 aliphatic carbocycles. The van der Waals surface area contributed by atoms with Gasteiger partial charge in [-0.3, -0.25) is 29.3 Å². The van der Waals surface area contributed by atoms with E-state index in [0.717, 1.165) is 89.2 Å². The molecule has 1 aliphatic heterocycles. The van der Waals surface area contributed by atoms with Crippen LogP contribution in [-0.2, 0) is 24.2 Å². The minimum atomic E-state index is -0.763. The monoisotopic (exact) mass is 738 g/mol. The van der Waals surface area contributed by atoms with Crippen LogP contribution >= 0.6 is 0 Å². The molecule has 2 aromatic carbocycles. The van der Waals surface area contributed by atoms with E-state index in [1.807, 2.05) is 55.7 Å². The Morgan fingerprint density at radius 3 is 2.11 bits per heavy atom. The smallest absolute Gasteiger partial charge is 0.320 e. The number of Topliss-reactive ketones (excluding diaryl/α,β-unsaturated/α-hetero) is 1. The molecule has 8 rings (SSSR count). The number of amides is 1. The number of nitrogens with one attached hydrogen (secondary N) is 1. The fourth-order valence-electron chi connectivity index (χ4n) is 9.18. The van der Waals surface area contributed by atoms with Gasteiger partial charge in [0, 0.05) is 31.0 Å². The van der Waals surface area contributed by atoms with Crippen molar-refractivity contribution in [3.05, 3.63) is 111 Å². The van der Waals surface area contributed by atoms with Crippen LogP contribution in [0.5, 0.6) is 0 Å². The van der Waals surface area contributed by atoms with Crippen LogP contribution < -0.4 is 5.32 Å². The number of carbonyl (C=O) groups excluding carboxylic acids is 2. The third-order valence-corrected chi connectivity index (χ3v) is 12.8. The van der Waals surface area contributed by atoms with E-state index < -0.39 is 12.0 Å². The minimum absolute atomic E-state index is 0.0320. The number of aryl methyl sites for hydroxylation is 1. The third-order valence-electron chi connectivity index (χ3n) is 12.8. The molecule has 1 saturated heterocycles. The first kappa shape index (κ1) is 37.2. The zero-order valence-electron chi connectivity index (χ0n) is 32.4. The van der Waals surface area contributed by atoms with Gasteiger partial charge < -0.3 is 10.4 Å². The fraction of sp³-hybridized carbons (Fsp3) is 0.468. The number of carboxylic acids is 1. The molecule has 0 spiro atoms. The molecule has 2 aromatic heterocycles. The number of piperidine rings is 1. The van der Waals surface area contributed by atoms with Crippen molar-refractivity contribution in [3.63, 3.8) is 0 Å². The molecule has 0 bridgehead atoms. The number of nitrogens with zero attached hydrogens (tertiary/aromatic N) is 3. The average molecular weight is 739 g/mol. The van der Waals surface area contributed by atoms with E-state index in [0.29, 0.717) is 36.2 Å². The summed E-state index contributed by atoms with van der Waals surface area (Å²) in [7, 11) is 0. The zero-order valence-corrected chi connectivity index (χ0v) is 32.4. The van der Waals surface area contributed by atoms with E-state index in [1.54, 1.807) is 0 Å². The number of carbonyl (C=O) groups is 3. The van der Waals surface area contributed by atoms with E-state index in [4.69, 9.17) is 0 Å². The Morgan fingerprint density at radius 2 is 1.38 bits per heavy atom. The van der Waals surface area contributed by atoms with E-state index >= 15 is 0 Å². The Balaban J connectivity index is 0.971. The van der Waals surface area contributed by atoms with Gasteiger partial charge in [-0.25, -0.2) is 0 Å². The van der Waals surface area contributed by atoms with Crippen molar-refractivity contribution >= 4 is 23.3 Å². The maximum absolute atomic E-state index is 13.8. The summed E-state index contributed by atoms with van der Waals surface area (Å²) in [5.74, 6) is 0.796. The average Bonchev–Trinajstić information content (AvgIpc) is 4.14. The van der Waals surface area contributed by atoms with E-state index in [1.165, 1.54) is 56.1 Å². The topological polar surface area (TPSA) is 112 Å². The second kappa shape index (κ2) is 16.2. The summed E-state index contributed by atoms with van der Waals surface area (Å²) >= 11 is 0. The van der Waals surface area contributed by atoms with Gasteiger partial charge in [-0.2, -0.15) is 0 Å². The van der Waals surface area contributed by atoms with E-state index in [2.05, 4.69) is 39.2 Å².